The lowest BCUT2D eigenvalue weighted by Gasteiger charge is -2.25. The van der Waals surface area contributed by atoms with E-state index in [9.17, 15) is 4.79 Å². The van der Waals surface area contributed by atoms with Gasteiger partial charge in [0.25, 0.3) is 0 Å². The van der Waals surface area contributed by atoms with E-state index in [0.29, 0.717) is 13.0 Å². The van der Waals surface area contributed by atoms with E-state index in [4.69, 9.17) is 0 Å². The van der Waals surface area contributed by atoms with Gasteiger partial charge in [-0.3, -0.25) is 4.79 Å². The number of ketones is 1. The minimum atomic E-state index is 0.189. The number of nitrogens with zero attached hydrogens (tertiary/aromatic N) is 1. The van der Waals surface area contributed by atoms with Gasteiger partial charge in [0, 0.05) is 41.7 Å². The van der Waals surface area contributed by atoms with E-state index < -0.39 is 0 Å². The van der Waals surface area contributed by atoms with Crippen molar-refractivity contribution in [3.63, 3.8) is 0 Å². The summed E-state index contributed by atoms with van der Waals surface area (Å²) in [7, 11) is 0. The molecule has 1 atom stereocenters. The predicted octanol–water partition coefficient (Wildman–Crippen LogP) is 5.86. The molecule has 29 heavy (non-hydrogen) atoms. The molecular formula is C26H26N2O. The van der Waals surface area contributed by atoms with E-state index in [-0.39, 0.29) is 11.8 Å². The van der Waals surface area contributed by atoms with Gasteiger partial charge in [-0.15, -0.1) is 5.73 Å². The maximum Gasteiger partial charge on any atom is 0.166 e. The Labute approximate surface area is 172 Å². The summed E-state index contributed by atoms with van der Waals surface area (Å²) in [5, 5.41) is 3.46. The zero-order valence-electron chi connectivity index (χ0n) is 16.7. The second kappa shape index (κ2) is 10.9. The van der Waals surface area contributed by atoms with Crippen molar-refractivity contribution < 1.29 is 4.79 Å². The largest absolute Gasteiger partial charge is 0.381 e. The number of anilines is 1. The van der Waals surface area contributed by atoms with Gasteiger partial charge in [0.15, 0.2) is 5.78 Å². The second-order valence-electron chi connectivity index (χ2n) is 7.06. The molecule has 0 fully saturated rings. The van der Waals surface area contributed by atoms with Crippen molar-refractivity contribution in [3.8, 4) is 0 Å². The number of Topliss-reactive ketones (excluding diaryl/α,β-unsaturated/α-hetero) is 1. The van der Waals surface area contributed by atoms with Crippen LogP contribution in [0, 0.1) is 0 Å². The summed E-state index contributed by atoms with van der Waals surface area (Å²) in [6.45, 7) is 4.48. The molecule has 0 aliphatic carbocycles. The van der Waals surface area contributed by atoms with Gasteiger partial charge in [-0.1, -0.05) is 54.8 Å². The molecule has 1 unspecified atom stereocenters. The molecule has 3 rings (SSSR count). The van der Waals surface area contributed by atoms with Gasteiger partial charge in [0.2, 0.25) is 0 Å². The zero-order chi connectivity index (χ0) is 20.3. The molecule has 0 amide bonds. The molecular weight excluding hydrogens is 356 g/mol. The van der Waals surface area contributed by atoms with Crippen LogP contribution >= 0.6 is 0 Å². The van der Waals surface area contributed by atoms with Crippen LogP contribution in [0.5, 0.6) is 0 Å². The Bertz CT molecular complexity index is 986. The van der Waals surface area contributed by atoms with E-state index in [1.165, 1.54) is 0 Å². The number of fused-ring (bicyclic) bond motifs is 1. The number of carbonyl (C=O) groups is 1. The van der Waals surface area contributed by atoms with Crippen molar-refractivity contribution in [3.05, 3.63) is 89.8 Å². The minimum absolute atomic E-state index is 0.189. The number of aliphatic imine (C=N–C) groups is 1. The molecule has 1 aliphatic heterocycles. The van der Waals surface area contributed by atoms with Crippen molar-refractivity contribution in [1.82, 2.24) is 0 Å². The third-order valence-corrected chi connectivity index (χ3v) is 4.96. The number of hydrogen-bond donors (Lipinski definition) is 1. The summed E-state index contributed by atoms with van der Waals surface area (Å²) in [6, 6.07) is 18.1. The fourth-order valence-electron chi connectivity index (χ4n) is 3.46. The van der Waals surface area contributed by atoms with Crippen molar-refractivity contribution in [2.75, 3.05) is 11.9 Å². The molecule has 0 bridgehead atoms. The van der Waals surface area contributed by atoms with Crippen LogP contribution in [0.25, 0.3) is 5.57 Å². The van der Waals surface area contributed by atoms with Gasteiger partial charge >= 0.3 is 0 Å². The Morgan fingerprint density at radius 1 is 1.17 bits per heavy atom. The number of carbonyl (C=O) groups excluding carboxylic acids is 1. The molecule has 0 saturated carbocycles. The fraction of sp³-hybridized carbons (Fsp3) is 0.269. The van der Waals surface area contributed by atoms with Gasteiger partial charge in [-0.05, 0) is 49.5 Å². The molecule has 3 heteroatoms. The standard InChI is InChI=1S/C26H26N2O/c1-2-21(22-13-5-3-6-14-22)12-7-4-10-18-27-19-11-15-23-20-26(29)24-16-8-9-17-25(24)28-23/h3-6,8-9,13-14,16-17,23,28H,1,7,11-12,15,19-20H2. The highest BCUT2D eigenvalue weighted by atomic mass is 16.1. The highest BCUT2D eigenvalue weighted by Crippen LogP contribution is 2.26. The smallest absolute Gasteiger partial charge is 0.166 e. The normalized spacial score (nSPS) is 14.5. The van der Waals surface area contributed by atoms with Crippen molar-refractivity contribution >= 4 is 22.9 Å². The molecule has 1 heterocycles. The average molecular weight is 383 g/mol. The Balaban J connectivity index is 1.39. The summed E-state index contributed by atoms with van der Waals surface area (Å²) < 4.78 is 0. The molecule has 1 N–H and O–H groups in total. The first-order valence-corrected chi connectivity index (χ1v) is 10.1. The summed E-state index contributed by atoms with van der Waals surface area (Å²) in [4.78, 5) is 16.5. The Morgan fingerprint density at radius 2 is 1.97 bits per heavy atom. The lowest BCUT2D eigenvalue weighted by Crippen LogP contribution is -2.29. The quantitative estimate of drug-likeness (QED) is 0.353. The van der Waals surface area contributed by atoms with E-state index in [1.54, 1.807) is 0 Å². The van der Waals surface area contributed by atoms with Crippen LogP contribution in [0.2, 0.25) is 0 Å². The molecule has 0 saturated heterocycles. The van der Waals surface area contributed by atoms with Gasteiger partial charge in [0.1, 0.15) is 0 Å². The maximum absolute atomic E-state index is 12.2. The summed E-state index contributed by atoms with van der Waals surface area (Å²) >= 11 is 0. The van der Waals surface area contributed by atoms with Crippen molar-refractivity contribution in [1.29, 1.82) is 0 Å². The van der Waals surface area contributed by atoms with Gasteiger partial charge < -0.3 is 5.32 Å². The summed E-state index contributed by atoms with van der Waals surface area (Å²) in [5.74, 6) is 3.09. The van der Waals surface area contributed by atoms with Crippen molar-refractivity contribution in [2.24, 2.45) is 4.99 Å². The van der Waals surface area contributed by atoms with Crippen LogP contribution in [-0.2, 0) is 0 Å². The highest BCUT2D eigenvalue weighted by Gasteiger charge is 2.23. The third-order valence-electron chi connectivity index (χ3n) is 4.96. The zero-order valence-corrected chi connectivity index (χ0v) is 16.7. The van der Waals surface area contributed by atoms with Crippen LogP contribution < -0.4 is 5.32 Å². The molecule has 1 aliphatic rings. The van der Waals surface area contributed by atoms with Crippen LogP contribution in [0.1, 0.15) is 48.0 Å². The van der Waals surface area contributed by atoms with E-state index in [0.717, 1.165) is 48.1 Å². The van der Waals surface area contributed by atoms with E-state index in [2.05, 4.69) is 46.4 Å². The SMILES string of the molecule is C=C=C(CCC=C=C=NCCCC1CC(=O)c2ccccc2N1)c1ccccc1. The molecule has 0 aromatic heterocycles. The first kappa shape index (κ1) is 20.4. The van der Waals surface area contributed by atoms with E-state index >= 15 is 0 Å². The number of nitrogens with one attached hydrogen (secondary N) is 1. The van der Waals surface area contributed by atoms with Crippen LogP contribution in [0.15, 0.2) is 83.7 Å². The third kappa shape index (κ3) is 6.07. The van der Waals surface area contributed by atoms with Crippen molar-refractivity contribution in [2.45, 2.75) is 38.1 Å². The molecule has 146 valence electrons. The predicted molar refractivity (Wildman–Crippen MR) is 121 cm³/mol. The summed E-state index contributed by atoms with van der Waals surface area (Å²) in [5.41, 5.74) is 10.0. The van der Waals surface area contributed by atoms with Crippen LogP contribution in [-0.4, -0.2) is 24.2 Å². The topological polar surface area (TPSA) is 41.5 Å². The number of benzene rings is 2. The highest BCUT2D eigenvalue weighted by molar-refractivity contribution is 6.03. The number of rotatable bonds is 8. The van der Waals surface area contributed by atoms with Gasteiger partial charge in [0.05, 0.1) is 0 Å². The van der Waals surface area contributed by atoms with Gasteiger partial charge in [-0.2, -0.15) is 0 Å². The van der Waals surface area contributed by atoms with Gasteiger partial charge in [-0.25, -0.2) is 4.99 Å². The minimum Gasteiger partial charge on any atom is -0.381 e. The molecule has 0 spiro atoms. The molecule has 0 radical (unpaired) electrons. The fourth-order valence-corrected chi connectivity index (χ4v) is 3.46. The first-order chi connectivity index (χ1) is 14.3. The van der Waals surface area contributed by atoms with Crippen LogP contribution in [0.4, 0.5) is 5.69 Å². The Hall–Kier alpha value is -3.34. The first-order valence-electron chi connectivity index (χ1n) is 10.1. The lowest BCUT2D eigenvalue weighted by atomic mass is 9.94. The number of allylic oxidation sites excluding steroid dienone is 2. The lowest BCUT2D eigenvalue weighted by molar-refractivity contribution is 0.0971. The summed E-state index contributed by atoms with van der Waals surface area (Å²) in [6.07, 6.45) is 6.05. The second-order valence-corrected chi connectivity index (χ2v) is 7.06. The van der Waals surface area contributed by atoms with Crippen LogP contribution in [0.3, 0.4) is 0 Å². The monoisotopic (exact) mass is 382 g/mol. The number of para-hydroxylation sites is 1. The Kier molecular flexibility index (Phi) is 7.63. The average Bonchev–Trinajstić information content (AvgIpc) is 2.76. The maximum atomic E-state index is 12.2. The number of hydrogen-bond acceptors (Lipinski definition) is 3. The molecule has 3 nitrogen and oxygen atoms in total. The molecule has 2 aromatic carbocycles. The van der Waals surface area contributed by atoms with E-state index in [1.807, 2.05) is 48.5 Å². The molecule has 2 aromatic rings. The Morgan fingerprint density at radius 3 is 2.79 bits per heavy atom.